The van der Waals surface area contributed by atoms with Crippen molar-refractivity contribution in [3.8, 4) is 45.9 Å². The Morgan fingerprint density at radius 2 is 0.855 bits per heavy atom. The maximum absolute atomic E-state index is 13.7. The summed E-state index contributed by atoms with van der Waals surface area (Å²) in [6, 6.07) is 35.8. The predicted octanol–water partition coefficient (Wildman–Crippen LogP) is 7.16. The Morgan fingerprint density at radius 3 is 1.27 bits per heavy atom. The van der Waals surface area contributed by atoms with Gasteiger partial charge in [0.2, 0.25) is 0 Å². The molecule has 10 nitrogen and oxygen atoms in total. The molecule has 6 aromatic carbocycles. The fraction of sp³-hybridized carbons (Fsp3) is 0.111. The highest BCUT2D eigenvalue weighted by molar-refractivity contribution is 5.98. The first kappa shape index (κ1) is 32.5. The van der Waals surface area contributed by atoms with Gasteiger partial charge in [-0.05, 0) is 86.6 Å². The lowest BCUT2D eigenvalue weighted by Gasteiger charge is -2.20. The lowest BCUT2D eigenvalue weighted by molar-refractivity contribution is 0.233. The summed E-state index contributed by atoms with van der Waals surface area (Å²) in [5.74, 6) is 3.60. The monoisotopic (exact) mass is 726 g/mol. The minimum absolute atomic E-state index is 0.0632. The van der Waals surface area contributed by atoms with E-state index < -0.39 is 27.7 Å². The van der Waals surface area contributed by atoms with Crippen LogP contribution in [-0.4, -0.2) is 22.3 Å². The Bertz CT molecular complexity index is 3000. The standard InChI is InChI=1S/C45H30N2O8/c1-25-9-13-27(14-10-25)46-41(48)31-21-33-34(22-32(31)42(46)49)44(51)47(43(33)50)28-15-19-30(20-16-28)55-38-8-4-6-36-40(38)53-24-45(36)23-52-39-35(45)5-3-7-37(39)54-29-17-11-26(2)12-18-29/h3-22H,23-24H2,1-2H3. The SMILES string of the molecule is Cc1ccc(Oc2cccc3c2OCC32COc3c(Oc4ccc(-n5c(=O)c6cc7c(=O)n(-c8ccc(C)cc8)c(=O)c7cc6c5=O)cc4)cccc32)cc1. The summed E-state index contributed by atoms with van der Waals surface area (Å²) < 4.78 is 27.3. The number of rotatable bonds is 6. The van der Waals surface area contributed by atoms with E-state index in [0.29, 0.717) is 53.3 Å². The van der Waals surface area contributed by atoms with E-state index in [1.807, 2.05) is 74.5 Å². The van der Waals surface area contributed by atoms with Gasteiger partial charge in [0.1, 0.15) is 24.7 Å². The van der Waals surface area contributed by atoms with Crippen molar-refractivity contribution in [3.05, 3.63) is 185 Å². The molecule has 2 aliphatic heterocycles. The van der Waals surface area contributed by atoms with Crippen molar-refractivity contribution in [3.63, 3.8) is 0 Å². The average Bonchev–Trinajstić information content (AvgIpc) is 3.91. The summed E-state index contributed by atoms with van der Waals surface area (Å²) in [5, 5.41) is 0.291. The molecule has 0 radical (unpaired) electrons. The molecule has 268 valence electrons. The van der Waals surface area contributed by atoms with Crippen LogP contribution in [0.5, 0.6) is 34.5 Å². The predicted molar refractivity (Wildman–Crippen MR) is 208 cm³/mol. The number of nitrogens with zero attached hydrogens (tertiary/aromatic N) is 2. The maximum atomic E-state index is 13.7. The van der Waals surface area contributed by atoms with Crippen molar-refractivity contribution in [2.45, 2.75) is 19.3 Å². The molecule has 0 fully saturated rings. The minimum Gasteiger partial charge on any atom is -0.488 e. The number of hydrogen-bond acceptors (Lipinski definition) is 8. The first-order chi connectivity index (χ1) is 26.7. The Hall–Kier alpha value is -7.20. The molecular formula is C45H30N2O8. The molecule has 10 rings (SSSR count). The van der Waals surface area contributed by atoms with Gasteiger partial charge >= 0.3 is 0 Å². The second-order valence-electron chi connectivity index (χ2n) is 14.1. The van der Waals surface area contributed by atoms with Gasteiger partial charge in [-0.15, -0.1) is 0 Å². The van der Waals surface area contributed by atoms with Gasteiger partial charge in [0.15, 0.2) is 23.0 Å². The third-order valence-corrected chi connectivity index (χ3v) is 10.7. The van der Waals surface area contributed by atoms with E-state index in [9.17, 15) is 19.2 Å². The molecule has 2 aliphatic rings. The second kappa shape index (κ2) is 11.9. The van der Waals surface area contributed by atoms with Gasteiger partial charge in [-0.2, -0.15) is 0 Å². The van der Waals surface area contributed by atoms with Gasteiger partial charge in [0.25, 0.3) is 22.2 Å². The molecule has 8 aromatic rings. The zero-order valence-corrected chi connectivity index (χ0v) is 29.6. The van der Waals surface area contributed by atoms with Gasteiger partial charge in [-0.3, -0.25) is 19.2 Å². The van der Waals surface area contributed by atoms with Gasteiger partial charge in [0.05, 0.1) is 38.3 Å². The van der Waals surface area contributed by atoms with Crippen LogP contribution in [0.1, 0.15) is 22.3 Å². The Morgan fingerprint density at radius 1 is 0.491 bits per heavy atom. The first-order valence-corrected chi connectivity index (χ1v) is 17.8. The van der Waals surface area contributed by atoms with E-state index in [4.69, 9.17) is 18.9 Å². The number of aromatic nitrogens is 2. The third-order valence-electron chi connectivity index (χ3n) is 10.7. The first-order valence-electron chi connectivity index (χ1n) is 17.8. The van der Waals surface area contributed by atoms with Crippen molar-refractivity contribution in [2.24, 2.45) is 0 Å². The van der Waals surface area contributed by atoms with Crippen LogP contribution in [-0.2, 0) is 5.41 Å². The summed E-state index contributed by atoms with van der Waals surface area (Å²) in [7, 11) is 0. The van der Waals surface area contributed by atoms with Crippen LogP contribution in [0.25, 0.3) is 32.9 Å². The summed E-state index contributed by atoms with van der Waals surface area (Å²) >= 11 is 0. The van der Waals surface area contributed by atoms with Crippen LogP contribution in [0.4, 0.5) is 0 Å². The number of benzene rings is 6. The van der Waals surface area contributed by atoms with Gasteiger partial charge in [-0.25, -0.2) is 9.13 Å². The van der Waals surface area contributed by atoms with Crippen LogP contribution in [0.3, 0.4) is 0 Å². The molecule has 0 saturated carbocycles. The fourth-order valence-corrected chi connectivity index (χ4v) is 7.79. The molecule has 0 amide bonds. The summed E-state index contributed by atoms with van der Waals surface area (Å²) in [6.07, 6.45) is 0. The van der Waals surface area contributed by atoms with Crippen LogP contribution in [0.15, 0.2) is 141 Å². The van der Waals surface area contributed by atoms with Crippen LogP contribution in [0.2, 0.25) is 0 Å². The van der Waals surface area contributed by atoms with E-state index >= 15 is 0 Å². The fourth-order valence-electron chi connectivity index (χ4n) is 7.79. The van der Waals surface area contributed by atoms with Crippen LogP contribution >= 0.6 is 0 Å². The van der Waals surface area contributed by atoms with Crippen molar-refractivity contribution >= 4 is 21.5 Å². The molecule has 1 spiro atoms. The third kappa shape index (κ3) is 4.88. The van der Waals surface area contributed by atoms with Crippen molar-refractivity contribution in [1.82, 2.24) is 9.13 Å². The molecule has 10 heteroatoms. The molecule has 1 atom stereocenters. The molecular weight excluding hydrogens is 697 g/mol. The summed E-state index contributed by atoms with van der Waals surface area (Å²) in [6.45, 7) is 4.66. The maximum Gasteiger partial charge on any atom is 0.266 e. The Labute approximate surface area is 312 Å². The summed E-state index contributed by atoms with van der Waals surface area (Å²) in [5.41, 5.74) is 1.94. The zero-order valence-electron chi connectivity index (χ0n) is 29.6. The number of para-hydroxylation sites is 2. The molecule has 0 bridgehead atoms. The minimum atomic E-state index is -0.587. The topological polar surface area (TPSA) is 115 Å². The van der Waals surface area contributed by atoms with Crippen molar-refractivity contribution in [1.29, 1.82) is 0 Å². The van der Waals surface area contributed by atoms with E-state index in [1.165, 1.54) is 12.1 Å². The average molecular weight is 727 g/mol. The summed E-state index contributed by atoms with van der Waals surface area (Å²) in [4.78, 5) is 54.0. The van der Waals surface area contributed by atoms with Crippen molar-refractivity contribution in [2.75, 3.05) is 13.2 Å². The highest BCUT2D eigenvalue weighted by atomic mass is 16.5. The molecule has 4 heterocycles. The number of ether oxygens (including phenoxy) is 4. The zero-order chi connectivity index (χ0) is 37.6. The molecule has 1 unspecified atom stereocenters. The van der Waals surface area contributed by atoms with E-state index in [1.54, 1.807) is 48.5 Å². The molecule has 55 heavy (non-hydrogen) atoms. The van der Waals surface area contributed by atoms with E-state index in [-0.39, 0.29) is 21.5 Å². The Kier molecular flexibility index (Phi) is 7.03. The van der Waals surface area contributed by atoms with E-state index in [0.717, 1.165) is 37.1 Å². The highest BCUT2D eigenvalue weighted by Gasteiger charge is 2.50. The Balaban J connectivity index is 0.947. The normalized spacial score (nSPS) is 15.6. The number of fused-ring (bicyclic) bond motifs is 6. The largest absolute Gasteiger partial charge is 0.488 e. The lowest BCUT2D eigenvalue weighted by Crippen LogP contribution is -2.31. The quantitative estimate of drug-likeness (QED) is 0.177. The van der Waals surface area contributed by atoms with Crippen molar-refractivity contribution < 1.29 is 18.9 Å². The highest BCUT2D eigenvalue weighted by Crippen LogP contribution is 2.55. The van der Waals surface area contributed by atoms with Gasteiger partial charge in [0, 0.05) is 11.1 Å². The molecule has 0 N–H and O–H groups in total. The molecule has 0 aliphatic carbocycles. The second-order valence-corrected chi connectivity index (χ2v) is 14.1. The van der Waals surface area contributed by atoms with E-state index in [2.05, 4.69) is 0 Å². The van der Waals surface area contributed by atoms with Crippen LogP contribution in [0, 0.1) is 13.8 Å². The van der Waals surface area contributed by atoms with Gasteiger partial charge < -0.3 is 18.9 Å². The van der Waals surface area contributed by atoms with Gasteiger partial charge in [-0.1, -0.05) is 59.7 Å². The number of hydrogen-bond donors (Lipinski definition) is 0. The number of aryl methyl sites for hydroxylation is 2. The molecule has 2 aromatic heterocycles. The van der Waals surface area contributed by atoms with Crippen LogP contribution < -0.4 is 41.2 Å². The smallest absolute Gasteiger partial charge is 0.266 e. The lowest BCUT2D eigenvalue weighted by atomic mass is 9.78. The molecule has 0 saturated heterocycles.